The van der Waals surface area contributed by atoms with E-state index in [0.29, 0.717) is 6.42 Å². The molecule has 2 unspecified atom stereocenters. The normalized spacial score (nSPS) is 13.8. The number of aliphatic carboxylic acids is 1. The van der Waals surface area contributed by atoms with Gasteiger partial charge in [0, 0.05) is 6.42 Å². The molecule has 0 bridgehead atoms. The number of hydrogen-bond donors (Lipinski definition) is 3. The van der Waals surface area contributed by atoms with Crippen molar-refractivity contribution in [3.8, 4) is 0 Å². The first-order valence-electron chi connectivity index (χ1n) is 7.19. The molecule has 0 aliphatic carbocycles. The summed E-state index contributed by atoms with van der Waals surface area (Å²) in [5, 5.41) is 20.4. The maximum absolute atomic E-state index is 11.5. The van der Waals surface area contributed by atoms with Gasteiger partial charge >= 0.3 is 5.97 Å². The lowest BCUT2D eigenvalue weighted by Crippen LogP contribution is -2.47. The number of aliphatic hydroxyl groups is 1. The van der Waals surface area contributed by atoms with E-state index in [-0.39, 0.29) is 5.91 Å². The second kappa shape index (κ2) is 10.8. The second-order valence-electron chi connectivity index (χ2n) is 5.00. The lowest BCUT2D eigenvalue weighted by atomic mass is 10.1. The Balaban J connectivity index is 3.66. The van der Waals surface area contributed by atoms with E-state index >= 15 is 0 Å². The monoisotopic (exact) mass is 273 g/mol. The van der Waals surface area contributed by atoms with Crippen LogP contribution >= 0.6 is 0 Å². The Hall–Kier alpha value is -1.10. The van der Waals surface area contributed by atoms with Crippen LogP contribution in [0.2, 0.25) is 0 Å². The molecule has 0 aromatic rings. The van der Waals surface area contributed by atoms with Gasteiger partial charge in [0.2, 0.25) is 5.91 Å². The maximum Gasteiger partial charge on any atom is 0.328 e. The molecular weight excluding hydrogens is 246 g/mol. The molecule has 0 saturated heterocycles. The molecule has 0 saturated carbocycles. The van der Waals surface area contributed by atoms with Crippen molar-refractivity contribution < 1.29 is 19.8 Å². The highest BCUT2D eigenvalue weighted by atomic mass is 16.4. The zero-order chi connectivity index (χ0) is 14.7. The number of carboxylic acid groups (broad SMARTS) is 1. The Kier molecular flexibility index (Phi) is 10.2. The van der Waals surface area contributed by atoms with Crippen molar-refractivity contribution in [2.24, 2.45) is 0 Å². The molecule has 5 nitrogen and oxygen atoms in total. The number of nitrogens with one attached hydrogen (secondary N) is 1. The lowest BCUT2D eigenvalue weighted by Gasteiger charge is -2.16. The van der Waals surface area contributed by atoms with Crippen LogP contribution in [0.1, 0.15) is 65.2 Å². The van der Waals surface area contributed by atoms with Gasteiger partial charge in [-0.25, -0.2) is 4.79 Å². The van der Waals surface area contributed by atoms with Crippen LogP contribution in [-0.2, 0) is 9.59 Å². The summed E-state index contributed by atoms with van der Waals surface area (Å²) < 4.78 is 0. The minimum atomic E-state index is -1.21. The number of carboxylic acids is 1. The van der Waals surface area contributed by atoms with Gasteiger partial charge in [0.1, 0.15) is 0 Å². The molecule has 0 heterocycles. The number of amides is 1. The summed E-state index contributed by atoms with van der Waals surface area (Å²) in [6, 6.07) is -1.21. The molecule has 0 aromatic carbocycles. The van der Waals surface area contributed by atoms with Gasteiger partial charge in [-0.2, -0.15) is 0 Å². The zero-order valence-electron chi connectivity index (χ0n) is 12.0. The largest absolute Gasteiger partial charge is 0.480 e. The van der Waals surface area contributed by atoms with Gasteiger partial charge in [0.15, 0.2) is 6.04 Å². The first kappa shape index (κ1) is 17.9. The van der Waals surface area contributed by atoms with E-state index in [2.05, 4.69) is 12.2 Å². The molecule has 112 valence electrons. The average molecular weight is 273 g/mol. The van der Waals surface area contributed by atoms with Crippen molar-refractivity contribution in [1.29, 1.82) is 0 Å². The number of hydrogen-bond acceptors (Lipinski definition) is 3. The standard InChI is InChI=1S/C14H27NO4/c1-3-4-5-6-7-8-9-10-12(17)15-13(11(2)16)14(18)19/h11,13,16H,3-10H2,1-2H3,(H,15,17)(H,18,19). The summed E-state index contributed by atoms with van der Waals surface area (Å²) in [6.45, 7) is 3.53. The van der Waals surface area contributed by atoms with Gasteiger partial charge in [-0.05, 0) is 13.3 Å². The number of aliphatic hydroxyl groups excluding tert-OH is 1. The fourth-order valence-electron chi connectivity index (χ4n) is 1.88. The molecule has 0 rings (SSSR count). The van der Waals surface area contributed by atoms with Crippen LogP contribution in [0.25, 0.3) is 0 Å². The molecule has 0 aliphatic heterocycles. The molecular formula is C14H27NO4. The fraction of sp³-hybridized carbons (Fsp3) is 0.857. The molecule has 3 N–H and O–H groups in total. The lowest BCUT2D eigenvalue weighted by molar-refractivity contribution is -0.144. The van der Waals surface area contributed by atoms with Crippen molar-refractivity contribution in [3.63, 3.8) is 0 Å². The van der Waals surface area contributed by atoms with E-state index in [1.807, 2.05) is 0 Å². The van der Waals surface area contributed by atoms with E-state index < -0.39 is 18.1 Å². The highest BCUT2D eigenvalue weighted by Gasteiger charge is 2.24. The van der Waals surface area contributed by atoms with E-state index in [9.17, 15) is 14.7 Å². The summed E-state index contributed by atoms with van der Waals surface area (Å²) >= 11 is 0. The minimum Gasteiger partial charge on any atom is -0.480 e. The van der Waals surface area contributed by atoms with Crippen LogP contribution in [-0.4, -0.2) is 34.2 Å². The van der Waals surface area contributed by atoms with Crippen molar-refractivity contribution in [3.05, 3.63) is 0 Å². The highest BCUT2D eigenvalue weighted by Crippen LogP contribution is 2.08. The van der Waals surface area contributed by atoms with Gasteiger partial charge in [0.05, 0.1) is 6.10 Å². The molecule has 0 radical (unpaired) electrons. The predicted octanol–water partition coefficient (Wildman–Crippen LogP) is 2.08. The van der Waals surface area contributed by atoms with Crippen molar-refractivity contribution >= 4 is 11.9 Å². The number of rotatable bonds is 11. The van der Waals surface area contributed by atoms with Crippen molar-refractivity contribution in [1.82, 2.24) is 5.32 Å². The topological polar surface area (TPSA) is 86.6 Å². The Bertz CT molecular complexity index is 266. The van der Waals surface area contributed by atoms with Crippen LogP contribution in [0, 0.1) is 0 Å². The van der Waals surface area contributed by atoms with Gasteiger partial charge in [-0.15, -0.1) is 0 Å². The second-order valence-corrected chi connectivity index (χ2v) is 5.00. The average Bonchev–Trinajstić information content (AvgIpc) is 2.34. The molecule has 0 fully saturated rings. The molecule has 0 aliphatic rings. The van der Waals surface area contributed by atoms with E-state index in [4.69, 9.17) is 5.11 Å². The Morgan fingerprint density at radius 1 is 1.05 bits per heavy atom. The van der Waals surface area contributed by atoms with Crippen LogP contribution in [0.15, 0.2) is 0 Å². The number of carbonyl (C=O) groups is 2. The molecule has 2 atom stereocenters. The van der Waals surface area contributed by atoms with Crippen LogP contribution in [0.3, 0.4) is 0 Å². The van der Waals surface area contributed by atoms with E-state index in [0.717, 1.165) is 19.3 Å². The molecule has 19 heavy (non-hydrogen) atoms. The molecule has 5 heteroatoms. The smallest absolute Gasteiger partial charge is 0.328 e. The third-order valence-corrected chi connectivity index (χ3v) is 3.07. The fourth-order valence-corrected chi connectivity index (χ4v) is 1.88. The third-order valence-electron chi connectivity index (χ3n) is 3.07. The summed E-state index contributed by atoms with van der Waals surface area (Å²) in [6.07, 6.45) is 7.03. The third kappa shape index (κ3) is 9.47. The van der Waals surface area contributed by atoms with E-state index in [1.165, 1.54) is 32.6 Å². The maximum atomic E-state index is 11.5. The summed E-state index contributed by atoms with van der Waals surface area (Å²) in [4.78, 5) is 22.3. The van der Waals surface area contributed by atoms with Gasteiger partial charge in [-0.3, -0.25) is 4.79 Å². The predicted molar refractivity (Wildman–Crippen MR) is 73.9 cm³/mol. The quantitative estimate of drug-likeness (QED) is 0.503. The summed E-state index contributed by atoms with van der Waals surface area (Å²) in [5.41, 5.74) is 0. The summed E-state index contributed by atoms with van der Waals surface area (Å²) in [5.74, 6) is -1.51. The van der Waals surface area contributed by atoms with Crippen LogP contribution in [0.5, 0.6) is 0 Å². The Labute approximate surface area is 115 Å². The molecule has 0 spiro atoms. The zero-order valence-corrected chi connectivity index (χ0v) is 12.0. The molecule has 0 aromatic heterocycles. The highest BCUT2D eigenvalue weighted by molar-refractivity contribution is 5.83. The first-order chi connectivity index (χ1) is 8.99. The summed E-state index contributed by atoms with van der Waals surface area (Å²) in [7, 11) is 0. The first-order valence-corrected chi connectivity index (χ1v) is 7.19. The number of carbonyl (C=O) groups excluding carboxylic acids is 1. The van der Waals surface area contributed by atoms with Gasteiger partial charge < -0.3 is 15.5 Å². The Morgan fingerprint density at radius 3 is 2.05 bits per heavy atom. The van der Waals surface area contributed by atoms with E-state index in [1.54, 1.807) is 0 Å². The van der Waals surface area contributed by atoms with Gasteiger partial charge in [-0.1, -0.05) is 45.4 Å². The number of unbranched alkanes of at least 4 members (excludes halogenated alkanes) is 6. The SMILES string of the molecule is CCCCCCCCCC(=O)NC(C(=O)O)C(C)O. The van der Waals surface area contributed by atoms with Gasteiger partial charge in [0.25, 0.3) is 0 Å². The van der Waals surface area contributed by atoms with Crippen molar-refractivity contribution in [2.45, 2.75) is 77.4 Å². The van der Waals surface area contributed by atoms with Crippen LogP contribution < -0.4 is 5.32 Å². The van der Waals surface area contributed by atoms with Crippen LogP contribution in [0.4, 0.5) is 0 Å². The Morgan fingerprint density at radius 2 is 1.58 bits per heavy atom. The molecule has 1 amide bonds. The minimum absolute atomic E-state index is 0.304. The van der Waals surface area contributed by atoms with Crippen molar-refractivity contribution in [2.75, 3.05) is 0 Å².